The van der Waals surface area contributed by atoms with Crippen molar-refractivity contribution in [2.24, 2.45) is 5.92 Å². The second-order valence-electron chi connectivity index (χ2n) is 7.10. The molecule has 0 saturated carbocycles. The van der Waals surface area contributed by atoms with Crippen LogP contribution in [0.3, 0.4) is 0 Å². The van der Waals surface area contributed by atoms with Crippen molar-refractivity contribution in [2.45, 2.75) is 20.8 Å². The number of methoxy groups -OCH3 is 2. The molecule has 6 heteroatoms. The minimum absolute atomic E-state index is 0.156. The maximum atomic E-state index is 12.7. The van der Waals surface area contributed by atoms with Gasteiger partial charge in [0.2, 0.25) is 0 Å². The molecule has 0 radical (unpaired) electrons. The lowest BCUT2D eigenvalue weighted by Gasteiger charge is -2.13. The summed E-state index contributed by atoms with van der Waals surface area (Å²) in [4.78, 5) is 25.3. The fourth-order valence-corrected chi connectivity index (χ4v) is 2.56. The van der Waals surface area contributed by atoms with Crippen molar-refractivity contribution in [1.82, 2.24) is 10.6 Å². The topological polar surface area (TPSA) is 76.7 Å². The van der Waals surface area contributed by atoms with Gasteiger partial charge in [0.15, 0.2) is 11.5 Å². The molecule has 0 fully saturated rings. The van der Waals surface area contributed by atoms with E-state index in [1.54, 1.807) is 50.6 Å². The number of benzene rings is 2. The Kier molecular flexibility index (Phi) is 7.83. The highest BCUT2D eigenvalue weighted by Gasteiger charge is 2.15. The smallest absolute Gasteiger partial charge is 0.267 e. The fourth-order valence-electron chi connectivity index (χ4n) is 2.56. The van der Waals surface area contributed by atoms with Crippen LogP contribution in [-0.2, 0) is 4.79 Å². The lowest BCUT2D eigenvalue weighted by atomic mass is 10.1. The molecule has 2 rings (SSSR count). The van der Waals surface area contributed by atoms with Crippen LogP contribution >= 0.6 is 0 Å². The highest BCUT2D eigenvalue weighted by Crippen LogP contribution is 2.28. The summed E-state index contributed by atoms with van der Waals surface area (Å²) in [6.07, 6.45) is 1.61. The predicted octanol–water partition coefficient (Wildman–Crippen LogP) is 3.56. The van der Waals surface area contributed by atoms with Crippen LogP contribution in [0.4, 0.5) is 0 Å². The molecule has 0 unspecified atom stereocenters. The minimum atomic E-state index is -0.353. The van der Waals surface area contributed by atoms with Crippen LogP contribution in [0.15, 0.2) is 48.2 Å². The molecule has 0 saturated heterocycles. The maximum Gasteiger partial charge on any atom is 0.267 e. The van der Waals surface area contributed by atoms with Crippen molar-refractivity contribution >= 4 is 17.9 Å². The summed E-state index contributed by atoms with van der Waals surface area (Å²) in [6.45, 7) is 6.46. The van der Waals surface area contributed by atoms with Crippen molar-refractivity contribution in [3.05, 3.63) is 64.9 Å². The van der Waals surface area contributed by atoms with Gasteiger partial charge >= 0.3 is 0 Å². The summed E-state index contributed by atoms with van der Waals surface area (Å²) in [6, 6.07) is 12.4. The Bertz CT molecular complexity index is 886. The van der Waals surface area contributed by atoms with Gasteiger partial charge < -0.3 is 20.1 Å². The van der Waals surface area contributed by atoms with E-state index in [0.29, 0.717) is 29.2 Å². The molecular weight excluding hydrogens is 368 g/mol. The summed E-state index contributed by atoms with van der Waals surface area (Å²) in [5, 5.41) is 5.57. The van der Waals surface area contributed by atoms with Crippen molar-refractivity contribution in [2.75, 3.05) is 20.8 Å². The Morgan fingerprint density at radius 3 is 2.24 bits per heavy atom. The number of nitrogens with one attached hydrogen (secondary N) is 2. The third-order valence-corrected chi connectivity index (χ3v) is 4.20. The standard InChI is InChI=1S/C23H28N2O4/c1-15(2)14-24-23(27)19(25-22(26)18-9-6-16(3)7-10-18)12-17-8-11-20(28-4)21(13-17)29-5/h6-13,15H,14H2,1-5H3,(H,24,27)(H,25,26). The predicted molar refractivity (Wildman–Crippen MR) is 114 cm³/mol. The summed E-state index contributed by atoms with van der Waals surface area (Å²) >= 11 is 0. The van der Waals surface area contributed by atoms with Crippen molar-refractivity contribution in [3.8, 4) is 11.5 Å². The number of carbonyl (C=O) groups excluding carboxylic acids is 2. The van der Waals surface area contributed by atoms with Gasteiger partial charge in [-0.2, -0.15) is 0 Å². The monoisotopic (exact) mass is 396 g/mol. The molecule has 29 heavy (non-hydrogen) atoms. The normalized spacial score (nSPS) is 11.2. The molecule has 0 aliphatic rings. The number of aryl methyl sites for hydroxylation is 1. The van der Waals surface area contributed by atoms with Crippen LogP contribution in [0.1, 0.15) is 35.3 Å². The zero-order chi connectivity index (χ0) is 21.4. The molecule has 154 valence electrons. The molecule has 0 atom stereocenters. The number of carbonyl (C=O) groups is 2. The van der Waals surface area contributed by atoms with E-state index in [4.69, 9.17) is 9.47 Å². The largest absolute Gasteiger partial charge is 0.493 e. The molecule has 0 aliphatic carbocycles. The number of hydrogen-bond acceptors (Lipinski definition) is 4. The Balaban J connectivity index is 2.33. The first kappa shape index (κ1) is 22.0. The van der Waals surface area contributed by atoms with Crippen LogP contribution in [0.25, 0.3) is 6.08 Å². The maximum absolute atomic E-state index is 12.7. The van der Waals surface area contributed by atoms with Crippen LogP contribution in [0.2, 0.25) is 0 Å². The number of hydrogen-bond donors (Lipinski definition) is 2. The number of rotatable bonds is 8. The molecule has 0 aromatic heterocycles. The van der Waals surface area contributed by atoms with Gasteiger partial charge in [0, 0.05) is 12.1 Å². The zero-order valence-electron chi connectivity index (χ0n) is 17.5. The summed E-state index contributed by atoms with van der Waals surface area (Å²) in [7, 11) is 3.10. The van der Waals surface area contributed by atoms with E-state index in [9.17, 15) is 9.59 Å². The van der Waals surface area contributed by atoms with E-state index in [-0.39, 0.29) is 23.4 Å². The molecule has 6 nitrogen and oxygen atoms in total. The van der Waals surface area contributed by atoms with E-state index in [1.807, 2.05) is 32.9 Å². The van der Waals surface area contributed by atoms with Gasteiger partial charge in [0.25, 0.3) is 11.8 Å². The second-order valence-corrected chi connectivity index (χ2v) is 7.10. The van der Waals surface area contributed by atoms with Crippen LogP contribution < -0.4 is 20.1 Å². The first-order chi connectivity index (χ1) is 13.8. The van der Waals surface area contributed by atoms with Crippen molar-refractivity contribution < 1.29 is 19.1 Å². The van der Waals surface area contributed by atoms with Crippen molar-refractivity contribution in [3.63, 3.8) is 0 Å². The van der Waals surface area contributed by atoms with Gasteiger partial charge in [-0.25, -0.2) is 0 Å². The molecule has 0 bridgehead atoms. The first-order valence-corrected chi connectivity index (χ1v) is 9.44. The zero-order valence-corrected chi connectivity index (χ0v) is 17.5. The van der Waals surface area contributed by atoms with E-state index >= 15 is 0 Å². The van der Waals surface area contributed by atoms with Crippen LogP contribution in [-0.4, -0.2) is 32.6 Å². The molecule has 2 aromatic rings. The molecule has 0 aliphatic heterocycles. The van der Waals surface area contributed by atoms with Gasteiger partial charge in [-0.15, -0.1) is 0 Å². The minimum Gasteiger partial charge on any atom is -0.493 e. The Morgan fingerprint density at radius 2 is 1.66 bits per heavy atom. The molecule has 0 heterocycles. The SMILES string of the molecule is COc1ccc(C=C(NC(=O)c2ccc(C)cc2)C(=O)NCC(C)C)cc1OC. The number of ether oxygens (including phenoxy) is 2. The van der Waals surface area contributed by atoms with Gasteiger partial charge in [0.05, 0.1) is 14.2 Å². The highest BCUT2D eigenvalue weighted by atomic mass is 16.5. The third kappa shape index (κ3) is 6.38. The summed E-state index contributed by atoms with van der Waals surface area (Å²) < 4.78 is 10.6. The first-order valence-electron chi connectivity index (χ1n) is 9.44. The van der Waals surface area contributed by atoms with E-state index < -0.39 is 0 Å². The second kappa shape index (κ2) is 10.3. The van der Waals surface area contributed by atoms with E-state index in [0.717, 1.165) is 5.56 Å². The lowest BCUT2D eigenvalue weighted by molar-refractivity contribution is -0.117. The molecule has 2 N–H and O–H groups in total. The fraction of sp³-hybridized carbons (Fsp3) is 0.304. The molecule has 2 aromatic carbocycles. The number of amides is 2. The Hall–Kier alpha value is -3.28. The van der Waals surface area contributed by atoms with Gasteiger partial charge in [0.1, 0.15) is 5.70 Å². The van der Waals surface area contributed by atoms with Gasteiger partial charge in [-0.3, -0.25) is 9.59 Å². The lowest BCUT2D eigenvalue weighted by Crippen LogP contribution is -2.36. The van der Waals surface area contributed by atoms with E-state index in [2.05, 4.69) is 10.6 Å². The molecule has 0 spiro atoms. The van der Waals surface area contributed by atoms with Crippen LogP contribution in [0, 0.1) is 12.8 Å². The summed E-state index contributed by atoms with van der Waals surface area (Å²) in [5.74, 6) is 0.701. The quantitative estimate of drug-likeness (QED) is 0.669. The van der Waals surface area contributed by atoms with Crippen molar-refractivity contribution in [1.29, 1.82) is 0 Å². The van der Waals surface area contributed by atoms with Crippen LogP contribution in [0.5, 0.6) is 11.5 Å². The Labute approximate surface area is 171 Å². The highest BCUT2D eigenvalue weighted by molar-refractivity contribution is 6.05. The van der Waals surface area contributed by atoms with Gasteiger partial charge in [-0.1, -0.05) is 37.6 Å². The average molecular weight is 396 g/mol. The van der Waals surface area contributed by atoms with Gasteiger partial charge in [-0.05, 0) is 48.7 Å². The average Bonchev–Trinajstić information content (AvgIpc) is 2.71. The van der Waals surface area contributed by atoms with E-state index in [1.165, 1.54) is 0 Å². The Morgan fingerprint density at radius 1 is 1.00 bits per heavy atom. The summed E-state index contributed by atoms with van der Waals surface area (Å²) in [5.41, 5.74) is 2.38. The molecule has 2 amide bonds. The molecular formula is C23H28N2O4. The third-order valence-electron chi connectivity index (χ3n) is 4.20.